The van der Waals surface area contributed by atoms with Crippen molar-refractivity contribution in [2.45, 2.75) is 0 Å². The molecule has 2 aromatic carbocycles. The van der Waals surface area contributed by atoms with Gasteiger partial charge in [0.15, 0.2) is 0 Å². The number of sulfonamides is 1. The molecule has 0 fully saturated rings. The van der Waals surface area contributed by atoms with Gasteiger partial charge in [0.25, 0.3) is 5.69 Å². The summed E-state index contributed by atoms with van der Waals surface area (Å²) in [6, 6.07) is 9.86. The van der Waals surface area contributed by atoms with Crippen LogP contribution < -0.4 is 14.4 Å². The molecule has 0 atom stereocenters. The molecule has 0 radical (unpaired) electrons. The van der Waals surface area contributed by atoms with Gasteiger partial charge >= 0.3 is 0 Å². The fraction of sp³-hybridized carbons (Fsp3) is 0.188. The standard InChI is InChI=1S/C16H16ClN3O6S/c1-26-15-6-4-3-5-14(15)19(27(2,24)25)10-16(21)18-13-9-11(20(22)23)7-8-12(13)17/h3-9H,10H2,1-2H3,(H,18,21). The average molecular weight is 414 g/mol. The Morgan fingerprint density at radius 2 is 1.96 bits per heavy atom. The number of anilines is 2. The Morgan fingerprint density at radius 1 is 1.30 bits per heavy atom. The summed E-state index contributed by atoms with van der Waals surface area (Å²) in [5.74, 6) is -0.460. The SMILES string of the molecule is COc1ccccc1N(CC(=O)Nc1cc([N+](=O)[O-])ccc1Cl)S(C)(=O)=O. The van der Waals surface area contributed by atoms with E-state index >= 15 is 0 Å². The molecule has 0 unspecified atom stereocenters. The second-order valence-electron chi connectivity index (χ2n) is 5.41. The molecule has 0 spiro atoms. The Morgan fingerprint density at radius 3 is 2.56 bits per heavy atom. The smallest absolute Gasteiger partial charge is 0.271 e. The van der Waals surface area contributed by atoms with E-state index < -0.39 is 27.4 Å². The van der Waals surface area contributed by atoms with Crippen LogP contribution >= 0.6 is 11.6 Å². The van der Waals surface area contributed by atoms with E-state index in [-0.39, 0.29) is 27.8 Å². The minimum absolute atomic E-state index is 0.00402. The van der Waals surface area contributed by atoms with Gasteiger partial charge in [-0.05, 0) is 18.2 Å². The lowest BCUT2D eigenvalue weighted by molar-refractivity contribution is -0.384. The van der Waals surface area contributed by atoms with Crippen LogP contribution in [0.3, 0.4) is 0 Å². The molecule has 2 rings (SSSR count). The van der Waals surface area contributed by atoms with Gasteiger partial charge in [0.05, 0.1) is 34.7 Å². The van der Waals surface area contributed by atoms with Crippen molar-refractivity contribution in [1.82, 2.24) is 0 Å². The van der Waals surface area contributed by atoms with Crippen molar-refractivity contribution in [1.29, 1.82) is 0 Å². The number of hydrogen-bond donors (Lipinski definition) is 1. The van der Waals surface area contributed by atoms with E-state index in [4.69, 9.17) is 16.3 Å². The zero-order valence-corrected chi connectivity index (χ0v) is 16.0. The van der Waals surface area contributed by atoms with Crippen LogP contribution in [0.25, 0.3) is 0 Å². The molecule has 0 heterocycles. The molecule has 0 aliphatic heterocycles. The predicted molar refractivity (Wildman–Crippen MR) is 102 cm³/mol. The van der Waals surface area contributed by atoms with E-state index in [1.54, 1.807) is 18.2 Å². The van der Waals surface area contributed by atoms with Crippen molar-refractivity contribution >= 4 is 44.6 Å². The Hall–Kier alpha value is -2.85. The number of rotatable bonds is 7. The molecule has 27 heavy (non-hydrogen) atoms. The maximum atomic E-state index is 12.4. The molecule has 9 nitrogen and oxygen atoms in total. The largest absolute Gasteiger partial charge is 0.495 e. The number of carbonyl (C=O) groups excluding carboxylic acids is 1. The van der Waals surface area contributed by atoms with Crippen LogP contribution in [-0.4, -0.2) is 39.2 Å². The molecule has 0 bridgehead atoms. The summed E-state index contributed by atoms with van der Waals surface area (Å²) in [6.07, 6.45) is 0.951. The summed E-state index contributed by atoms with van der Waals surface area (Å²) in [7, 11) is -2.44. The lowest BCUT2D eigenvalue weighted by atomic mass is 10.2. The summed E-state index contributed by atoms with van der Waals surface area (Å²) in [6.45, 7) is -0.571. The monoisotopic (exact) mass is 413 g/mol. The molecular weight excluding hydrogens is 398 g/mol. The minimum atomic E-state index is -3.82. The highest BCUT2D eigenvalue weighted by Gasteiger charge is 2.24. The van der Waals surface area contributed by atoms with E-state index in [9.17, 15) is 23.3 Å². The van der Waals surface area contributed by atoms with E-state index in [0.29, 0.717) is 0 Å². The van der Waals surface area contributed by atoms with Crippen LogP contribution in [-0.2, 0) is 14.8 Å². The first-order valence-electron chi connectivity index (χ1n) is 7.48. The highest BCUT2D eigenvalue weighted by atomic mass is 35.5. The minimum Gasteiger partial charge on any atom is -0.495 e. The Kier molecular flexibility index (Phi) is 6.24. The van der Waals surface area contributed by atoms with Gasteiger partial charge in [-0.1, -0.05) is 23.7 Å². The van der Waals surface area contributed by atoms with Gasteiger partial charge in [0.2, 0.25) is 15.9 Å². The Balaban J connectivity index is 2.31. The third-order valence-electron chi connectivity index (χ3n) is 3.48. The molecule has 2 aromatic rings. The van der Waals surface area contributed by atoms with Crippen LogP contribution in [0.4, 0.5) is 17.1 Å². The summed E-state index contributed by atoms with van der Waals surface area (Å²) in [5.41, 5.74) is -0.0773. The molecule has 1 N–H and O–H groups in total. The number of nitro benzene ring substituents is 1. The van der Waals surface area contributed by atoms with E-state index in [2.05, 4.69) is 5.32 Å². The maximum Gasteiger partial charge on any atom is 0.271 e. The first kappa shape index (κ1) is 20.5. The number of carbonyl (C=O) groups is 1. The molecular formula is C16H16ClN3O6S. The van der Waals surface area contributed by atoms with Gasteiger partial charge in [-0.15, -0.1) is 0 Å². The first-order chi connectivity index (χ1) is 12.6. The van der Waals surface area contributed by atoms with E-state index in [0.717, 1.165) is 16.6 Å². The Bertz CT molecular complexity index is 980. The fourth-order valence-electron chi connectivity index (χ4n) is 2.26. The second-order valence-corrected chi connectivity index (χ2v) is 7.72. The molecule has 0 aliphatic rings. The summed E-state index contributed by atoms with van der Waals surface area (Å²) in [5, 5.41) is 13.3. The van der Waals surface area contributed by atoms with Crippen molar-refractivity contribution in [3.05, 3.63) is 57.6 Å². The van der Waals surface area contributed by atoms with Gasteiger partial charge in [-0.3, -0.25) is 19.2 Å². The number of nitrogens with zero attached hydrogens (tertiary/aromatic N) is 2. The van der Waals surface area contributed by atoms with Gasteiger partial charge in [0.1, 0.15) is 12.3 Å². The van der Waals surface area contributed by atoms with E-state index in [1.165, 1.54) is 25.3 Å². The number of ether oxygens (including phenoxy) is 1. The quantitative estimate of drug-likeness (QED) is 0.550. The first-order valence-corrected chi connectivity index (χ1v) is 9.70. The topological polar surface area (TPSA) is 119 Å². The fourth-order valence-corrected chi connectivity index (χ4v) is 3.28. The number of hydrogen-bond acceptors (Lipinski definition) is 6. The predicted octanol–water partition coefficient (Wildman–Crippen LogP) is 2.66. The average Bonchev–Trinajstić information content (AvgIpc) is 2.60. The zero-order valence-electron chi connectivity index (χ0n) is 14.4. The lowest BCUT2D eigenvalue weighted by Crippen LogP contribution is -2.37. The van der Waals surface area contributed by atoms with Crippen LogP contribution in [0.1, 0.15) is 0 Å². The normalized spacial score (nSPS) is 10.9. The maximum absolute atomic E-state index is 12.4. The van der Waals surface area contributed by atoms with Crippen LogP contribution in [0.5, 0.6) is 5.75 Å². The summed E-state index contributed by atoms with van der Waals surface area (Å²) in [4.78, 5) is 22.6. The third kappa shape index (κ3) is 5.08. The van der Waals surface area contributed by atoms with Crippen molar-refractivity contribution in [2.75, 3.05) is 29.5 Å². The molecule has 11 heteroatoms. The van der Waals surface area contributed by atoms with Crippen LogP contribution in [0, 0.1) is 10.1 Å². The van der Waals surface area contributed by atoms with E-state index in [1.807, 2.05) is 0 Å². The van der Waals surface area contributed by atoms with Crippen molar-refractivity contribution < 1.29 is 22.9 Å². The Labute approximate surface area is 160 Å². The number of non-ortho nitro benzene ring substituents is 1. The molecule has 1 amide bonds. The molecule has 0 aromatic heterocycles. The van der Waals surface area contributed by atoms with Crippen LogP contribution in [0.2, 0.25) is 5.02 Å². The van der Waals surface area contributed by atoms with Crippen molar-refractivity contribution in [2.24, 2.45) is 0 Å². The zero-order chi connectivity index (χ0) is 20.2. The third-order valence-corrected chi connectivity index (χ3v) is 4.93. The number of methoxy groups -OCH3 is 1. The van der Waals surface area contributed by atoms with Crippen LogP contribution in [0.15, 0.2) is 42.5 Å². The molecule has 0 saturated heterocycles. The number of nitrogens with one attached hydrogen (secondary N) is 1. The van der Waals surface area contributed by atoms with Gasteiger partial charge in [-0.2, -0.15) is 0 Å². The number of benzene rings is 2. The van der Waals surface area contributed by atoms with Crippen molar-refractivity contribution in [3.63, 3.8) is 0 Å². The molecule has 0 aliphatic carbocycles. The number of amides is 1. The summed E-state index contributed by atoms with van der Waals surface area (Å²) < 4.78 is 30.4. The van der Waals surface area contributed by atoms with Gasteiger partial charge < -0.3 is 10.1 Å². The number of halogens is 1. The summed E-state index contributed by atoms with van der Waals surface area (Å²) >= 11 is 5.95. The highest BCUT2D eigenvalue weighted by molar-refractivity contribution is 7.92. The molecule has 0 saturated carbocycles. The highest BCUT2D eigenvalue weighted by Crippen LogP contribution is 2.30. The number of para-hydroxylation sites is 2. The van der Waals surface area contributed by atoms with Gasteiger partial charge in [0, 0.05) is 12.1 Å². The number of nitro groups is 1. The lowest BCUT2D eigenvalue weighted by Gasteiger charge is -2.23. The molecule has 144 valence electrons. The van der Waals surface area contributed by atoms with Crippen molar-refractivity contribution in [3.8, 4) is 5.75 Å². The second kappa shape index (κ2) is 8.23. The van der Waals surface area contributed by atoms with Gasteiger partial charge in [-0.25, -0.2) is 8.42 Å².